The molecule has 0 saturated heterocycles. The lowest BCUT2D eigenvalue weighted by molar-refractivity contribution is 0.0923. The number of benzene rings is 3. The molecule has 0 saturated carbocycles. The molecule has 8 nitrogen and oxygen atoms in total. The van der Waals surface area contributed by atoms with Crippen molar-refractivity contribution in [1.29, 1.82) is 0 Å². The number of aromatic nitrogens is 1. The summed E-state index contributed by atoms with van der Waals surface area (Å²) in [5, 5.41) is 4.06. The highest BCUT2D eigenvalue weighted by Gasteiger charge is 2.12. The third-order valence-corrected chi connectivity index (χ3v) is 7.83. The van der Waals surface area contributed by atoms with E-state index in [0.29, 0.717) is 29.6 Å². The van der Waals surface area contributed by atoms with Crippen LogP contribution in [0.3, 0.4) is 0 Å². The first-order chi connectivity index (χ1) is 20.8. The minimum absolute atomic E-state index is 0.130. The van der Waals surface area contributed by atoms with E-state index < -0.39 is 5.91 Å². The Morgan fingerprint density at radius 2 is 1.65 bits per heavy atom. The van der Waals surface area contributed by atoms with Crippen LogP contribution in [0.25, 0.3) is 5.69 Å². The van der Waals surface area contributed by atoms with Crippen LogP contribution < -0.4 is 19.6 Å². The zero-order valence-corrected chi connectivity index (χ0v) is 26.9. The second-order valence-electron chi connectivity index (χ2n) is 9.63. The number of hydrogen-bond donors (Lipinski definition) is 1. The summed E-state index contributed by atoms with van der Waals surface area (Å²) in [6.45, 7) is 4.70. The van der Waals surface area contributed by atoms with Crippen LogP contribution in [-0.2, 0) is 13.2 Å². The molecule has 0 unspecified atom stereocenters. The SMILES string of the molecule is COc1cc(C=NNC(=O)c2ccc(COc3ccc(-n4c(C)ccc4C)cc3)o2)ccc1OCc1ccc(Br)cc1Br. The average Bonchev–Trinajstić information content (AvgIpc) is 3.62. The molecule has 1 amide bonds. The molecule has 220 valence electrons. The maximum Gasteiger partial charge on any atom is 0.307 e. The van der Waals surface area contributed by atoms with Gasteiger partial charge in [0.25, 0.3) is 0 Å². The Morgan fingerprint density at radius 3 is 2.37 bits per heavy atom. The highest BCUT2D eigenvalue weighted by molar-refractivity contribution is 9.11. The minimum atomic E-state index is -0.476. The summed E-state index contributed by atoms with van der Waals surface area (Å²) in [6.07, 6.45) is 1.52. The zero-order chi connectivity index (χ0) is 30.3. The van der Waals surface area contributed by atoms with Gasteiger partial charge in [0.15, 0.2) is 17.3 Å². The van der Waals surface area contributed by atoms with Gasteiger partial charge >= 0.3 is 5.91 Å². The molecule has 3 aromatic carbocycles. The van der Waals surface area contributed by atoms with Crippen molar-refractivity contribution in [2.45, 2.75) is 27.1 Å². The normalized spacial score (nSPS) is 11.1. The van der Waals surface area contributed by atoms with E-state index in [-0.39, 0.29) is 12.4 Å². The van der Waals surface area contributed by atoms with E-state index in [9.17, 15) is 4.79 Å². The van der Waals surface area contributed by atoms with Crippen LogP contribution in [-0.4, -0.2) is 23.8 Å². The van der Waals surface area contributed by atoms with Crippen molar-refractivity contribution in [2.75, 3.05) is 7.11 Å². The second-order valence-corrected chi connectivity index (χ2v) is 11.4. The molecule has 0 bridgehead atoms. The number of methoxy groups -OCH3 is 1. The average molecular weight is 707 g/mol. The lowest BCUT2D eigenvalue weighted by Crippen LogP contribution is -2.16. The van der Waals surface area contributed by atoms with Gasteiger partial charge in [-0.15, -0.1) is 0 Å². The standard InChI is InChI=1S/C33H29Br2N3O5/c1-21-4-5-22(2)38(21)26-9-11-27(12-10-26)41-20-28-13-15-31(43-28)33(39)37-36-18-23-6-14-30(32(16-23)40-3)42-19-24-7-8-25(34)17-29(24)35/h4-18H,19-20H2,1-3H3,(H,37,39). The fourth-order valence-electron chi connectivity index (χ4n) is 4.40. The van der Waals surface area contributed by atoms with Gasteiger partial charge in [-0.3, -0.25) is 4.79 Å². The summed E-state index contributed by atoms with van der Waals surface area (Å²) >= 11 is 7.00. The van der Waals surface area contributed by atoms with Crippen molar-refractivity contribution >= 4 is 44.0 Å². The van der Waals surface area contributed by atoms with Crippen LogP contribution in [0.1, 0.15) is 38.8 Å². The number of furan rings is 1. The number of rotatable bonds is 11. The second kappa shape index (κ2) is 13.8. The van der Waals surface area contributed by atoms with Gasteiger partial charge in [0.05, 0.1) is 13.3 Å². The van der Waals surface area contributed by atoms with Crippen LogP contribution in [0.5, 0.6) is 17.2 Å². The van der Waals surface area contributed by atoms with Crippen molar-refractivity contribution in [3.8, 4) is 22.9 Å². The Bertz CT molecular complexity index is 1740. The number of hydrazone groups is 1. The molecular weight excluding hydrogens is 678 g/mol. The summed E-state index contributed by atoms with van der Waals surface area (Å²) < 4.78 is 27.1. The van der Waals surface area contributed by atoms with Gasteiger partial charge in [0.1, 0.15) is 24.7 Å². The highest BCUT2D eigenvalue weighted by Crippen LogP contribution is 2.30. The summed E-state index contributed by atoms with van der Waals surface area (Å²) in [7, 11) is 1.57. The molecule has 0 aliphatic heterocycles. The van der Waals surface area contributed by atoms with Crippen molar-refractivity contribution in [1.82, 2.24) is 9.99 Å². The van der Waals surface area contributed by atoms with Crippen molar-refractivity contribution in [3.05, 3.63) is 128 Å². The summed E-state index contributed by atoms with van der Waals surface area (Å²) in [5.74, 6) is 2.01. The van der Waals surface area contributed by atoms with Crippen LogP contribution in [0, 0.1) is 13.8 Å². The van der Waals surface area contributed by atoms with E-state index in [1.807, 2.05) is 48.5 Å². The molecule has 10 heteroatoms. The molecule has 5 rings (SSSR count). The molecule has 0 spiro atoms. The summed E-state index contributed by atoms with van der Waals surface area (Å²) in [6, 6.07) is 26.6. The number of hydrogen-bond acceptors (Lipinski definition) is 6. The van der Waals surface area contributed by atoms with Gasteiger partial charge in [-0.05, 0) is 98.3 Å². The highest BCUT2D eigenvalue weighted by atomic mass is 79.9. The van der Waals surface area contributed by atoms with E-state index >= 15 is 0 Å². The third kappa shape index (κ3) is 7.57. The van der Waals surface area contributed by atoms with Gasteiger partial charge in [0.2, 0.25) is 0 Å². The number of ether oxygens (including phenoxy) is 3. The predicted octanol–water partition coefficient (Wildman–Crippen LogP) is 8.14. The predicted molar refractivity (Wildman–Crippen MR) is 173 cm³/mol. The molecule has 0 radical (unpaired) electrons. The third-order valence-electron chi connectivity index (χ3n) is 6.60. The molecule has 2 aromatic heterocycles. The molecule has 1 N–H and O–H groups in total. The molecule has 0 aliphatic rings. The van der Waals surface area contributed by atoms with Crippen LogP contribution in [0.2, 0.25) is 0 Å². The van der Waals surface area contributed by atoms with Gasteiger partial charge in [-0.25, -0.2) is 5.43 Å². The Morgan fingerprint density at radius 1 is 0.884 bits per heavy atom. The Hall–Kier alpha value is -4.28. The first kappa shape index (κ1) is 30.2. The van der Waals surface area contributed by atoms with Crippen molar-refractivity contribution in [2.24, 2.45) is 5.10 Å². The van der Waals surface area contributed by atoms with Crippen LogP contribution in [0.4, 0.5) is 0 Å². The number of nitrogens with one attached hydrogen (secondary N) is 1. The molecule has 5 aromatic rings. The van der Waals surface area contributed by atoms with E-state index in [1.165, 1.54) is 17.6 Å². The van der Waals surface area contributed by atoms with Crippen LogP contribution >= 0.6 is 31.9 Å². The van der Waals surface area contributed by atoms with Gasteiger partial charge < -0.3 is 23.2 Å². The zero-order valence-electron chi connectivity index (χ0n) is 23.8. The van der Waals surface area contributed by atoms with E-state index in [0.717, 1.165) is 25.8 Å². The van der Waals surface area contributed by atoms with E-state index in [4.69, 9.17) is 18.6 Å². The van der Waals surface area contributed by atoms with Crippen LogP contribution in [0.15, 0.2) is 103 Å². The number of aryl methyl sites for hydroxylation is 2. The van der Waals surface area contributed by atoms with E-state index in [2.05, 4.69) is 72.9 Å². The summed E-state index contributed by atoms with van der Waals surface area (Å²) in [4.78, 5) is 12.6. The number of carbonyl (C=O) groups is 1. The van der Waals surface area contributed by atoms with Gasteiger partial charge in [-0.2, -0.15) is 5.10 Å². The smallest absolute Gasteiger partial charge is 0.307 e. The molecule has 0 atom stereocenters. The van der Waals surface area contributed by atoms with Crippen molar-refractivity contribution < 1.29 is 23.4 Å². The topological polar surface area (TPSA) is 87.2 Å². The maximum absolute atomic E-state index is 12.6. The quantitative estimate of drug-likeness (QED) is 0.111. The number of carbonyl (C=O) groups excluding carboxylic acids is 1. The maximum atomic E-state index is 12.6. The lowest BCUT2D eigenvalue weighted by Gasteiger charge is -2.12. The summed E-state index contributed by atoms with van der Waals surface area (Å²) in [5.41, 5.74) is 7.61. The fraction of sp³-hybridized carbons (Fsp3) is 0.152. The number of nitrogens with zero attached hydrogens (tertiary/aromatic N) is 2. The number of amides is 1. The van der Waals surface area contributed by atoms with Gasteiger partial charge in [0, 0.05) is 31.6 Å². The Kier molecular flexibility index (Phi) is 9.68. The van der Waals surface area contributed by atoms with Crippen molar-refractivity contribution in [3.63, 3.8) is 0 Å². The minimum Gasteiger partial charge on any atom is -0.493 e. The van der Waals surface area contributed by atoms with Gasteiger partial charge in [-0.1, -0.05) is 37.9 Å². The first-order valence-corrected chi connectivity index (χ1v) is 14.9. The molecule has 0 fully saturated rings. The number of halogens is 2. The Labute approximate surface area is 266 Å². The molecular formula is C33H29Br2N3O5. The lowest BCUT2D eigenvalue weighted by atomic mass is 10.2. The largest absolute Gasteiger partial charge is 0.493 e. The molecule has 43 heavy (non-hydrogen) atoms. The van der Waals surface area contributed by atoms with E-state index in [1.54, 1.807) is 31.4 Å². The fourth-order valence-corrected chi connectivity index (χ4v) is 5.56. The molecule has 0 aliphatic carbocycles. The molecule has 2 heterocycles. The Balaban J connectivity index is 1.12. The monoisotopic (exact) mass is 705 g/mol. The first-order valence-electron chi connectivity index (χ1n) is 13.4.